The van der Waals surface area contributed by atoms with Crippen LogP contribution in [0.3, 0.4) is 0 Å². The number of hydrogen-bond acceptors (Lipinski definition) is 3. The van der Waals surface area contributed by atoms with Gasteiger partial charge in [-0.25, -0.2) is 0 Å². The van der Waals surface area contributed by atoms with Crippen molar-refractivity contribution in [2.45, 2.75) is 39.0 Å². The molecule has 16 heavy (non-hydrogen) atoms. The summed E-state index contributed by atoms with van der Waals surface area (Å²) in [4.78, 5) is 24.9. The molecule has 92 valence electrons. The third-order valence-electron chi connectivity index (χ3n) is 3.63. The molecule has 0 aromatic heterocycles. The summed E-state index contributed by atoms with van der Waals surface area (Å²) in [5.74, 6) is -0.266. The van der Waals surface area contributed by atoms with Crippen LogP contribution in [0.25, 0.3) is 0 Å². The highest BCUT2D eigenvalue weighted by atomic mass is 16.5. The first-order valence-corrected chi connectivity index (χ1v) is 5.88. The van der Waals surface area contributed by atoms with Crippen LogP contribution in [0.4, 0.5) is 0 Å². The van der Waals surface area contributed by atoms with E-state index in [0.29, 0.717) is 0 Å². The third kappa shape index (κ3) is 2.54. The predicted octanol–water partition coefficient (Wildman–Crippen LogP) is 1.59. The molecule has 0 unspecified atom stereocenters. The van der Waals surface area contributed by atoms with Crippen molar-refractivity contribution in [3.8, 4) is 0 Å². The second kappa shape index (κ2) is 5.32. The molecule has 0 aliphatic heterocycles. The van der Waals surface area contributed by atoms with Gasteiger partial charge in [-0.3, -0.25) is 9.59 Å². The Morgan fingerprint density at radius 2 is 1.88 bits per heavy atom. The summed E-state index contributed by atoms with van der Waals surface area (Å²) in [5.41, 5.74) is -0.219. The highest BCUT2D eigenvalue weighted by Gasteiger charge is 2.41. The van der Waals surface area contributed by atoms with Crippen LogP contribution in [-0.4, -0.2) is 37.5 Å². The van der Waals surface area contributed by atoms with E-state index < -0.39 is 0 Å². The van der Waals surface area contributed by atoms with E-state index >= 15 is 0 Å². The van der Waals surface area contributed by atoms with Crippen molar-refractivity contribution in [1.29, 1.82) is 0 Å². The van der Waals surface area contributed by atoms with Gasteiger partial charge >= 0.3 is 5.97 Å². The van der Waals surface area contributed by atoms with Crippen molar-refractivity contribution in [2.24, 2.45) is 5.41 Å². The molecule has 1 amide bonds. The summed E-state index contributed by atoms with van der Waals surface area (Å²) in [5, 5.41) is 0. The van der Waals surface area contributed by atoms with E-state index in [9.17, 15) is 9.59 Å². The first kappa shape index (κ1) is 13.0. The maximum Gasteiger partial charge on any atom is 0.325 e. The summed E-state index contributed by atoms with van der Waals surface area (Å²) in [6.07, 6.45) is 5.00. The second-order valence-electron chi connectivity index (χ2n) is 4.58. The molecule has 1 aliphatic rings. The number of rotatable bonds is 4. The number of nitrogens with zero attached hydrogens (tertiary/aromatic N) is 1. The molecule has 0 aromatic rings. The van der Waals surface area contributed by atoms with E-state index in [2.05, 4.69) is 11.7 Å². The largest absolute Gasteiger partial charge is 0.468 e. The van der Waals surface area contributed by atoms with Gasteiger partial charge in [-0.15, -0.1) is 0 Å². The van der Waals surface area contributed by atoms with Crippen molar-refractivity contribution in [3.63, 3.8) is 0 Å². The van der Waals surface area contributed by atoms with Gasteiger partial charge in [-0.2, -0.15) is 0 Å². The van der Waals surface area contributed by atoms with Gasteiger partial charge in [0, 0.05) is 12.5 Å². The zero-order chi connectivity index (χ0) is 12.2. The van der Waals surface area contributed by atoms with E-state index in [1.807, 2.05) is 0 Å². The second-order valence-corrected chi connectivity index (χ2v) is 4.58. The van der Waals surface area contributed by atoms with Gasteiger partial charge in [0.25, 0.3) is 0 Å². The molecular formula is C12H21NO3. The minimum atomic E-state index is -0.361. The van der Waals surface area contributed by atoms with Gasteiger partial charge in [-0.1, -0.05) is 19.8 Å². The first-order chi connectivity index (χ1) is 7.55. The van der Waals surface area contributed by atoms with Crippen molar-refractivity contribution in [1.82, 2.24) is 4.90 Å². The van der Waals surface area contributed by atoms with E-state index in [4.69, 9.17) is 0 Å². The Morgan fingerprint density at radius 3 is 2.31 bits per heavy atom. The Bertz CT molecular complexity index is 269. The van der Waals surface area contributed by atoms with E-state index in [1.165, 1.54) is 12.0 Å². The first-order valence-electron chi connectivity index (χ1n) is 5.88. The van der Waals surface area contributed by atoms with Crippen molar-refractivity contribution in [2.75, 3.05) is 20.7 Å². The lowest BCUT2D eigenvalue weighted by Crippen LogP contribution is -2.42. The molecule has 0 bridgehead atoms. The zero-order valence-corrected chi connectivity index (χ0v) is 10.4. The predicted molar refractivity (Wildman–Crippen MR) is 60.8 cm³/mol. The Morgan fingerprint density at radius 1 is 1.31 bits per heavy atom. The van der Waals surface area contributed by atoms with Crippen molar-refractivity contribution < 1.29 is 14.3 Å². The average molecular weight is 227 g/mol. The van der Waals surface area contributed by atoms with E-state index in [0.717, 1.165) is 32.1 Å². The smallest absolute Gasteiger partial charge is 0.325 e. The van der Waals surface area contributed by atoms with Gasteiger partial charge < -0.3 is 9.64 Å². The molecular weight excluding hydrogens is 206 g/mol. The fraction of sp³-hybridized carbons (Fsp3) is 0.833. The molecule has 1 fully saturated rings. The standard InChI is InChI=1S/C12H21NO3/c1-4-12(7-5-6-8-12)11(15)13(2)9-10(14)16-3/h4-9H2,1-3H3. The molecule has 1 rings (SSSR count). The van der Waals surface area contributed by atoms with Crippen LogP contribution in [-0.2, 0) is 14.3 Å². The molecule has 0 heterocycles. The quantitative estimate of drug-likeness (QED) is 0.685. The summed E-state index contributed by atoms with van der Waals surface area (Å²) < 4.78 is 4.57. The SMILES string of the molecule is CCC1(C(=O)N(C)CC(=O)OC)CCCC1. The maximum atomic E-state index is 12.3. The van der Waals surface area contributed by atoms with Crippen LogP contribution in [0.15, 0.2) is 0 Å². The molecule has 0 radical (unpaired) electrons. The average Bonchev–Trinajstić information content (AvgIpc) is 2.77. The van der Waals surface area contributed by atoms with Crippen molar-refractivity contribution >= 4 is 11.9 Å². The van der Waals surface area contributed by atoms with Crippen molar-refractivity contribution in [3.05, 3.63) is 0 Å². The number of carbonyl (C=O) groups excluding carboxylic acids is 2. The molecule has 0 atom stereocenters. The van der Waals surface area contributed by atoms with Gasteiger partial charge in [-0.05, 0) is 19.3 Å². The number of carbonyl (C=O) groups is 2. The highest BCUT2D eigenvalue weighted by Crippen LogP contribution is 2.42. The minimum Gasteiger partial charge on any atom is -0.468 e. The van der Waals surface area contributed by atoms with Crippen LogP contribution in [0, 0.1) is 5.41 Å². The van der Waals surface area contributed by atoms with Gasteiger partial charge in [0.2, 0.25) is 5.91 Å². The van der Waals surface area contributed by atoms with Crippen LogP contribution < -0.4 is 0 Å². The van der Waals surface area contributed by atoms with Crippen LogP contribution >= 0.6 is 0 Å². The fourth-order valence-electron chi connectivity index (χ4n) is 2.51. The molecule has 4 nitrogen and oxygen atoms in total. The van der Waals surface area contributed by atoms with E-state index in [-0.39, 0.29) is 23.8 Å². The number of ether oxygens (including phenoxy) is 1. The van der Waals surface area contributed by atoms with Crippen LogP contribution in [0.5, 0.6) is 0 Å². The lowest BCUT2D eigenvalue weighted by atomic mass is 9.82. The van der Waals surface area contributed by atoms with Crippen LogP contribution in [0.1, 0.15) is 39.0 Å². The summed E-state index contributed by atoms with van der Waals surface area (Å²) in [6.45, 7) is 2.10. The van der Waals surface area contributed by atoms with Gasteiger partial charge in [0.15, 0.2) is 0 Å². The lowest BCUT2D eigenvalue weighted by molar-refractivity contribution is -0.150. The highest BCUT2D eigenvalue weighted by molar-refractivity contribution is 5.86. The maximum absolute atomic E-state index is 12.3. The molecule has 1 aliphatic carbocycles. The number of hydrogen-bond donors (Lipinski definition) is 0. The Kier molecular flexibility index (Phi) is 4.33. The Balaban J connectivity index is 2.64. The zero-order valence-electron chi connectivity index (χ0n) is 10.4. The molecule has 0 spiro atoms. The number of likely N-dealkylation sites (N-methyl/N-ethyl adjacent to an activating group) is 1. The Hall–Kier alpha value is -1.06. The number of esters is 1. The fourth-order valence-corrected chi connectivity index (χ4v) is 2.51. The molecule has 1 saturated carbocycles. The summed E-state index contributed by atoms with van der Waals surface area (Å²) >= 11 is 0. The lowest BCUT2D eigenvalue weighted by Gasteiger charge is -2.30. The van der Waals surface area contributed by atoms with Gasteiger partial charge in [0.1, 0.15) is 6.54 Å². The number of methoxy groups -OCH3 is 1. The molecule has 0 saturated heterocycles. The third-order valence-corrected chi connectivity index (χ3v) is 3.63. The minimum absolute atomic E-state index is 0.0527. The summed E-state index contributed by atoms with van der Waals surface area (Å²) in [6, 6.07) is 0. The Labute approximate surface area is 96.9 Å². The number of amides is 1. The van der Waals surface area contributed by atoms with Gasteiger partial charge in [0.05, 0.1) is 7.11 Å². The molecule has 0 N–H and O–H groups in total. The summed E-state index contributed by atoms with van der Waals surface area (Å²) in [7, 11) is 3.01. The monoisotopic (exact) mass is 227 g/mol. The molecule has 0 aromatic carbocycles. The molecule has 4 heteroatoms. The van der Waals surface area contributed by atoms with Crippen LogP contribution in [0.2, 0.25) is 0 Å². The normalized spacial score (nSPS) is 18.2. The topological polar surface area (TPSA) is 46.6 Å². The van der Waals surface area contributed by atoms with E-state index in [1.54, 1.807) is 7.05 Å².